The Kier molecular flexibility index (Phi) is 4.60. The Hall–Kier alpha value is -0.890. The molecule has 78 valence electrons. The fourth-order valence-corrected chi connectivity index (χ4v) is 1.76. The molecule has 14 heavy (non-hydrogen) atoms. The predicted molar refractivity (Wildman–Crippen MR) is 59.0 cm³/mol. The molecule has 0 bridgehead atoms. The van der Waals surface area contributed by atoms with Gasteiger partial charge < -0.3 is 5.32 Å². The summed E-state index contributed by atoms with van der Waals surface area (Å²) in [6, 6.07) is 0.0307. The average Bonchev–Trinajstić information content (AvgIpc) is 2.69. The van der Waals surface area contributed by atoms with Gasteiger partial charge in [0.2, 0.25) is 0 Å². The first-order valence-corrected chi connectivity index (χ1v) is 5.09. The minimum atomic E-state index is -0.804. The summed E-state index contributed by atoms with van der Waals surface area (Å²) in [6.07, 6.45) is 6.84. The molecule has 0 aromatic carbocycles. The van der Waals surface area contributed by atoms with Crippen molar-refractivity contribution in [2.24, 2.45) is 0 Å². The molecule has 0 aromatic rings. The Bertz CT molecular complexity index is 226. The molecule has 1 aliphatic heterocycles. The standard InChI is InChI=1S/C12H18FN/c1-3-6-10(4-2)9-11(13)12-7-5-8-14-12/h3-4,6,11-12,14H,1-2,5,7-9H2/b10-6+. The van der Waals surface area contributed by atoms with Gasteiger partial charge in [-0.3, -0.25) is 0 Å². The van der Waals surface area contributed by atoms with Crippen LogP contribution in [0.1, 0.15) is 19.3 Å². The van der Waals surface area contributed by atoms with Crippen LogP contribution in [0.3, 0.4) is 0 Å². The zero-order chi connectivity index (χ0) is 10.4. The van der Waals surface area contributed by atoms with E-state index in [0.717, 1.165) is 25.0 Å². The second kappa shape index (κ2) is 5.76. The van der Waals surface area contributed by atoms with Gasteiger partial charge in [-0.15, -0.1) is 0 Å². The monoisotopic (exact) mass is 195 g/mol. The van der Waals surface area contributed by atoms with Crippen molar-refractivity contribution < 1.29 is 4.39 Å². The Labute approximate surface area is 85.4 Å². The van der Waals surface area contributed by atoms with Gasteiger partial charge in [0.25, 0.3) is 0 Å². The van der Waals surface area contributed by atoms with Crippen LogP contribution in [0.25, 0.3) is 0 Å². The molecule has 2 unspecified atom stereocenters. The van der Waals surface area contributed by atoms with Gasteiger partial charge >= 0.3 is 0 Å². The molecule has 1 saturated heterocycles. The Balaban J connectivity index is 2.44. The zero-order valence-electron chi connectivity index (χ0n) is 8.51. The summed E-state index contributed by atoms with van der Waals surface area (Å²) in [7, 11) is 0. The van der Waals surface area contributed by atoms with Crippen molar-refractivity contribution in [3.8, 4) is 0 Å². The van der Waals surface area contributed by atoms with Gasteiger partial charge in [0, 0.05) is 12.5 Å². The normalized spacial score (nSPS) is 24.6. The van der Waals surface area contributed by atoms with Gasteiger partial charge in [0.05, 0.1) is 0 Å². The van der Waals surface area contributed by atoms with E-state index in [1.54, 1.807) is 12.2 Å². The van der Waals surface area contributed by atoms with Gasteiger partial charge in [-0.05, 0) is 25.0 Å². The third-order valence-corrected chi connectivity index (χ3v) is 2.56. The quantitative estimate of drug-likeness (QED) is 0.665. The lowest BCUT2D eigenvalue weighted by Crippen LogP contribution is -2.31. The first-order chi connectivity index (χ1) is 6.77. The number of alkyl halides is 1. The zero-order valence-corrected chi connectivity index (χ0v) is 8.51. The lowest BCUT2D eigenvalue weighted by Gasteiger charge is -2.16. The summed E-state index contributed by atoms with van der Waals surface area (Å²) in [5.74, 6) is 0. The number of allylic oxidation sites excluding steroid dienone is 4. The maximum absolute atomic E-state index is 13.7. The highest BCUT2D eigenvalue weighted by Crippen LogP contribution is 2.19. The molecular weight excluding hydrogens is 177 g/mol. The van der Waals surface area contributed by atoms with E-state index >= 15 is 0 Å². The molecule has 1 fully saturated rings. The smallest absolute Gasteiger partial charge is 0.119 e. The van der Waals surface area contributed by atoms with Crippen molar-refractivity contribution in [3.05, 3.63) is 37.0 Å². The molecule has 1 rings (SSSR count). The second-order valence-corrected chi connectivity index (χ2v) is 3.60. The van der Waals surface area contributed by atoms with Crippen molar-refractivity contribution >= 4 is 0 Å². The average molecular weight is 195 g/mol. The van der Waals surface area contributed by atoms with E-state index in [1.165, 1.54) is 0 Å². The summed E-state index contributed by atoms with van der Waals surface area (Å²) in [4.78, 5) is 0. The van der Waals surface area contributed by atoms with E-state index in [0.29, 0.717) is 6.42 Å². The number of rotatable bonds is 5. The predicted octanol–water partition coefficient (Wildman–Crippen LogP) is 2.77. The maximum atomic E-state index is 13.7. The molecule has 2 atom stereocenters. The van der Waals surface area contributed by atoms with Gasteiger partial charge in [-0.25, -0.2) is 4.39 Å². The van der Waals surface area contributed by atoms with Crippen LogP contribution in [0.2, 0.25) is 0 Å². The first-order valence-electron chi connectivity index (χ1n) is 5.09. The van der Waals surface area contributed by atoms with Crippen LogP contribution in [-0.2, 0) is 0 Å². The molecule has 1 nitrogen and oxygen atoms in total. The number of hydrogen-bond acceptors (Lipinski definition) is 1. The van der Waals surface area contributed by atoms with E-state index in [-0.39, 0.29) is 6.04 Å². The van der Waals surface area contributed by atoms with Gasteiger partial charge in [-0.1, -0.05) is 31.4 Å². The third kappa shape index (κ3) is 3.11. The van der Waals surface area contributed by atoms with Crippen molar-refractivity contribution in [3.63, 3.8) is 0 Å². The van der Waals surface area contributed by atoms with Crippen LogP contribution in [0.4, 0.5) is 4.39 Å². The first kappa shape index (κ1) is 11.2. The van der Waals surface area contributed by atoms with E-state index in [9.17, 15) is 4.39 Å². The summed E-state index contributed by atoms with van der Waals surface area (Å²) in [5.41, 5.74) is 0.918. The van der Waals surface area contributed by atoms with Crippen molar-refractivity contribution in [2.45, 2.75) is 31.5 Å². The molecule has 0 spiro atoms. The molecular formula is C12H18FN. The van der Waals surface area contributed by atoms with Gasteiger partial charge in [-0.2, -0.15) is 0 Å². The Morgan fingerprint density at radius 1 is 1.57 bits per heavy atom. The third-order valence-electron chi connectivity index (χ3n) is 2.56. The molecule has 0 aliphatic carbocycles. The topological polar surface area (TPSA) is 12.0 Å². The van der Waals surface area contributed by atoms with Gasteiger partial charge in [0.15, 0.2) is 0 Å². The highest BCUT2D eigenvalue weighted by molar-refractivity contribution is 5.22. The van der Waals surface area contributed by atoms with E-state index in [2.05, 4.69) is 18.5 Å². The molecule has 0 radical (unpaired) electrons. The minimum absolute atomic E-state index is 0.0307. The molecule has 0 aromatic heterocycles. The summed E-state index contributed by atoms with van der Waals surface area (Å²) >= 11 is 0. The number of nitrogens with one attached hydrogen (secondary N) is 1. The molecule has 0 amide bonds. The van der Waals surface area contributed by atoms with Crippen molar-refractivity contribution in [1.82, 2.24) is 5.32 Å². The molecule has 1 heterocycles. The molecule has 0 saturated carbocycles. The number of hydrogen-bond donors (Lipinski definition) is 1. The summed E-state index contributed by atoms with van der Waals surface area (Å²) in [6.45, 7) is 8.19. The fourth-order valence-electron chi connectivity index (χ4n) is 1.76. The van der Waals surface area contributed by atoms with Crippen LogP contribution >= 0.6 is 0 Å². The van der Waals surface area contributed by atoms with Crippen LogP contribution in [0.5, 0.6) is 0 Å². The highest BCUT2D eigenvalue weighted by Gasteiger charge is 2.24. The SMILES string of the molecule is C=C/C=C(\C=C)CC(F)C1CCCN1. The highest BCUT2D eigenvalue weighted by atomic mass is 19.1. The van der Waals surface area contributed by atoms with Crippen LogP contribution in [0.15, 0.2) is 37.0 Å². The second-order valence-electron chi connectivity index (χ2n) is 3.60. The largest absolute Gasteiger partial charge is 0.311 e. The van der Waals surface area contributed by atoms with Gasteiger partial charge in [0.1, 0.15) is 6.17 Å². The molecule has 2 heteroatoms. The van der Waals surface area contributed by atoms with Crippen LogP contribution in [-0.4, -0.2) is 18.8 Å². The minimum Gasteiger partial charge on any atom is -0.311 e. The lowest BCUT2D eigenvalue weighted by molar-refractivity contribution is 0.264. The summed E-state index contributed by atoms with van der Waals surface area (Å²) < 4.78 is 13.7. The van der Waals surface area contributed by atoms with Crippen molar-refractivity contribution in [2.75, 3.05) is 6.54 Å². The van der Waals surface area contributed by atoms with E-state index < -0.39 is 6.17 Å². The maximum Gasteiger partial charge on any atom is 0.119 e. The summed E-state index contributed by atoms with van der Waals surface area (Å²) in [5, 5.41) is 3.17. The molecule has 1 N–H and O–H groups in total. The number of halogens is 1. The molecule has 1 aliphatic rings. The Morgan fingerprint density at radius 3 is 2.86 bits per heavy atom. The van der Waals surface area contributed by atoms with E-state index in [1.807, 2.05) is 6.08 Å². The lowest BCUT2D eigenvalue weighted by atomic mass is 10.0. The Morgan fingerprint density at radius 2 is 2.36 bits per heavy atom. The van der Waals surface area contributed by atoms with Crippen LogP contribution in [0, 0.1) is 0 Å². The van der Waals surface area contributed by atoms with E-state index in [4.69, 9.17) is 0 Å². The van der Waals surface area contributed by atoms with Crippen molar-refractivity contribution in [1.29, 1.82) is 0 Å². The fraction of sp³-hybridized carbons (Fsp3) is 0.500. The van der Waals surface area contributed by atoms with Crippen LogP contribution < -0.4 is 5.32 Å².